The second kappa shape index (κ2) is 6.93. The number of hydrogen-bond acceptors (Lipinski definition) is 6. The number of esters is 1. The molecule has 21 heavy (non-hydrogen) atoms. The van der Waals surface area contributed by atoms with Crippen LogP contribution in [-0.2, 0) is 14.8 Å². The molecular formula is C12H17N3O5S. The fourth-order valence-electron chi connectivity index (χ4n) is 1.50. The average Bonchev–Trinajstić information content (AvgIpc) is 2.43. The molecule has 0 saturated heterocycles. The van der Waals surface area contributed by atoms with Crippen molar-refractivity contribution in [1.29, 1.82) is 0 Å². The molecule has 2 amide bonds. The van der Waals surface area contributed by atoms with E-state index in [0.717, 1.165) is 13.2 Å². The van der Waals surface area contributed by atoms with Crippen molar-refractivity contribution in [2.75, 3.05) is 19.4 Å². The molecule has 0 fully saturated rings. The second-order valence-electron chi connectivity index (χ2n) is 4.11. The van der Waals surface area contributed by atoms with Crippen LogP contribution in [0.15, 0.2) is 23.1 Å². The third-order valence-corrected chi connectivity index (χ3v) is 3.85. The summed E-state index contributed by atoms with van der Waals surface area (Å²) in [6, 6.07) is 2.75. The van der Waals surface area contributed by atoms with Gasteiger partial charge in [-0.1, -0.05) is 6.92 Å². The number of carbonyl (C=O) groups is 2. The molecule has 0 aliphatic rings. The van der Waals surface area contributed by atoms with Crippen molar-refractivity contribution < 1.29 is 22.7 Å². The molecule has 0 spiro atoms. The summed E-state index contributed by atoms with van der Waals surface area (Å²) in [5.74, 6) is -0.864. The van der Waals surface area contributed by atoms with E-state index in [9.17, 15) is 18.0 Å². The fraction of sp³-hybridized carbons (Fsp3) is 0.333. The summed E-state index contributed by atoms with van der Waals surface area (Å²) in [5, 5.41) is 2.36. The van der Waals surface area contributed by atoms with E-state index in [2.05, 4.69) is 10.1 Å². The monoisotopic (exact) mass is 315 g/mol. The van der Waals surface area contributed by atoms with E-state index >= 15 is 0 Å². The van der Waals surface area contributed by atoms with Crippen LogP contribution in [-0.4, -0.2) is 34.1 Å². The highest BCUT2D eigenvalue weighted by molar-refractivity contribution is 7.90. The van der Waals surface area contributed by atoms with Gasteiger partial charge in [-0.15, -0.1) is 0 Å². The summed E-state index contributed by atoms with van der Waals surface area (Å²) in [6.07, 6.45) is 0.656. The largest absolute Gasteiger partial charge is 0.465 e. The molecule has 116 valence electrons. The molecular weight excluding hydrogens is 298 g/mol. The van der Waals surface area contributed by atoms with Gasteiger partial charge in [0.05, 0.1) is 12.7 Å². The van der Waals surface area contributed by atoms with Crippen molar-refractivity contribution in [1.82, 2.24) is 10.0 Å². The zero-order valence-corrected chi connectivity index (χ0v) is 12.5. The maximum atomic E-state index is 12.1. The first-order chi connectivity index (χ1) is 9.81. The number of anilines is 1. The van der Waals surface area contributed by atoms with Gasteiger partial charge >= 0.3 is 12.0 Å². The standard InChI is InChI=1S/C12H17N3O5S/c1-3-6-14-12(17)15-21(18,19)10-5-4-8(13)7-9(10)11(16)20-2/h4-5,7H,3,6,13H2,1-2H3,(H2,14,15,17). The lowest BCUT2D eigenvalue weighted by Crippen LogP contribution is -2.40. The molecule has 0 aromatic heterocycles. The first kappa shape index (κ1) is 16.8. The van der Waals surface area contributed by atoms with Crippen molar-refractivity contribution in [3.8, 4) is 0 Å². The highest BCUT2D eigenvalue weighted by atomic mass is 32.2. The minimum Gasteiger partial charge on any atom is -0.465 e. The first-order valence-electron chi connectivity index (χ1n) is 6.10. The average molecular weight is 315 g/mol. The third kappa shape index (κ3) is 4.35. The number of nitrogen functional groups attached to an aromatic ring is 1. The van der Waals surface area contributed by atoms with E-state index < -0.39 is 22.0 Å². The summed E-state index contributed by atoms with van der Waals surface area (Å²) in [5.41, 5.74) is 5.48. The minimum atomic E-state index is -4.21. The molecule has 0 heterocycles. The van der Waals surface area contributed by atoms with Crippen LogP contribution in [0.2, 0.25) is 0 Å². The van der Waals surface area contributed by atoms with Crippen LogP contribution in [0.1, 0.15) is 23.7 Å². The van der Waals surface area contributed by atoms with Crippen molar-refractivity contribution in [2.24, 2.45) is 0 Å². The van der Waals surface area contributed by atoms with Gasteiger partial charge < -0.3 is 15.8 Å². The maximum absolute atomic E-state index is 12.1. The number of nitrogens with two attached hydrogens (primary N) is 1. The smallest absolute Gasteiger partial charge is 0.339 e. The SMILES string of the molecule is CCCNC(=O)NS(=O)(=O)c1ccc(N)cc1C(=O)OC. The molecule has 0 aliphatic heterocycles. The molecule has 9 heteroatoms. The van der Waals surface area contributed by atoms with Gasteiger partial charge in [0.25, 0.3) is 10.0 Å². The number of ether oxygens (including phenoxy) is 1. The Balaban J connectivity index is 3.13. The normalized spacial score (nSPS) is 10.8. The Morgan fingerprint density at radius 1 is 1.33 bits per heavy atom. The predicted octanol–water partition coefficient (Wildman–Crippen LogP) is 0.453. The lowest BCUT2D eigenvalue weighted by molar-refractivity contribution is 0.0596. The van der Waals surface area contributed by atoms with Crippen LogP contribution in [0.4, 0.5) is 10.5 Å². The Morgan fingerprint density at radius 2 is 2.00 bits per heavy atom. The minimum absolute atomic E-state index is 0.199. The van der Waals surface area contributed by atoms with Crippen LogP contribution in [0.25, 0.3) is 0 Å². The van der Waals surface area contributed by atoms with Gasteiger partial charge in [-0.05, 0) is 24.6 Å². The molecule has 1 aromatic carbocycles. The predicted molar refractivity (Wildman–Crippen MR) is 76.2 cm³/mol. The third-order valence-electron chi connectivity index (χ3n) is 2.46. The quantitative estimate of drug-likeness (QED) is 0.535. The molecule has 0 saturated carbocycles. The van der Waals surface area contributed by atoms with Gasteiger partial charge in [-0.3, -0.25) is 0 Å². The number of urea groups is 1. The van der Waals surface area contributed by atoms with Crippen molar-refractivity contribution in [3.63, 3.8) is 0 Å². The molecule has 0 atom stereocenters. The molecule has 4 N–H and O–H groups in total. The van der Waals surface area contributed by atoms with Gasteiger partial charge in [-0.25, -0.2) is 22.7 Å². The van der Waals surface area contributed by atoms with Crippen LogP contribution in [0.3, 0.4) is 0 Å². The number of hydrogen-bond donors (Lipinski definition) is 3. The number of rotatable bonds is 5. The molecule has 0 unspecified atom stereocenters. The van der Waals surface area contributed by atoms with Gasteiger partial charge in [0.2, 0.25) is 0 Å². The number of sulfonamides is 1. The molecule has 1 rings (SSSR count). The highest BCUT2D eigenvalue weighted by Crippen LogP contribution is 2.19. The number of methoxy groups -OCH3 is 1. The van der Waals surface area contributed by atoms with Crippen molar-refractivity contribution in [3.05, 3.63) is 23.8 Å². The van der Waals surface area contributed by atoms with E-state index in [0.29, 0.717) is 13.0 Å². The number of amides is 2. The highest BCUT2D eigenvalue weighted by Gasteiger charge is 2.25. The summed E-state index contributed by atoms with van der Waals surface area (Å²) < 4.78 is 30.6. The Labute approximate surface area is 122 Å². The van der Waals surface area contributed by atoms with Crippen molar-refractivity contribution >= 4 is 27.7 Å². The maximum Gasteiger partial charge on any atom is 0.339 e. The van der Waals surface area contributed by atoms with Crippen LogP contribution in [0.5, 0.6) is 0 Å². The van der Waals surface area contributed by atoms with Gasteiger partial charge in [-0.2, -0.15) is 0 Å². The van der Waals surface area contributed by atoms with Crippen LogP contribution >= 0.6 is 0 Å². The molecule has 0 radical (unpaired) electrons. The zero-order chi connectivity index (χ0) is 16.0. The van der Waals surface area contributed by atoms with E-state index in [1.54, 1.807) is 0 Å². The lowest BCUT2D eigenvalue weighted by Gasteiger charge is -2.11. The molecule has 8 nitrogen and oxygen atoms in total. The van der Waals surface area contributed by atoms with Gasteiger partial charge in [0.1, 0.15) is 4.90 Å². The Kier molecular flexibility index (Phi) is 5.53. The number of nitrogens with one attached hydrogen (secondary N) is 2. The first-order valence-corrected chi connectivity index (χ1v) is 7.58. The summed E-state index contributed by atoms with van der Waals surface area (Å²) in [7, 11) is -3.10. The Hall–Kier alpha value is -2.29. The molecule has 0 bridgehead atoms. The van der Waals surface area contributed by atoms with Crippen molar-refractivity contribution in [2.45, 2.75) is 18.2 Å². The topological polar surface area (TPSA) is 128 Å². The van der Waals surface area contributed by atoms with Gasteiger partial charge in [0, 0.05) is 12.2 Å². The van der Waals surface area contributed by atoms with Crippen LogP contribution < -0.4 is 15.8 Å². The van der Waals surface area contributed by atoms with E-state index in [1.807, 2.05) is 11.6 Å². The lowest BCUT2D eigenvalue weighted by atomic mass is 10.2. The molecule has 0 aliphatic carbocycles. The summed E-state index contributed by atoms with van der Waals surface area (Å²) in [6.45, 7) is 2.15. The Bertz CT molecular complexity index is 642. The number of benzene rings is 1. The number of carbonyl (C=O) groups excluding carboxylic acids is 2. The van der Waals surface area contributed by atoms with E-state index in [1.165, 1.54) is 12.1 Å². The van der Waals surface area contributed by atoms with E-state index in [-0.39, 0.29) is 16.1 Å². The van der Waals surface area contributed by atoms with Gasteiger partial charge in [0.15, 0.2) is 0 Å². The zero-order valence-electron chi connectivity index (χ0n) is 11.7. The second-order valence-corrected chi connectivity index (χ2v) is 5.76. The Morgan fingerprint density at radius 3 is 2.57 bits per heavy atom. The summed E-state index contributed by atoms with van der Waals surface area (Å²) >= 11 is 0. The molecule has 1 aromatic rings. The van der Waals surface area contributed by atoms with E-state index in [4.69, 9.17) is 5.73 Å². The summed E-state index contributed by atoms with van der Waals surface area (Å²) in [4.78, 5) is 22.7. The fourth-order valence-corrected chi connectivity index (χ4v) is 2.61. The van der Waals surface area contributed by atoms with Crippen LogP contribution in [0, 0.1) is 0 Å².